The average Bonchev–Trinajstić information content (AvgIpc) is 2.22. The summed E-state index contributed by atoms with van der Waals surface area (Å²) in [5.41, 5.74) is 1.19. The fourth-order valence-electron chi connectivity index (χ4n) is 1.73. The maximum atomic E-state index is 10.8. The van der Waals surface area contributed by atoms with E-state index in [4.69, 9.17) is 5.11 Å². The highest BCUT2D eigenvalue weighted by Gasteiger charge is 2.17. The smallest absolute Gasteiger partial charge is 0.331 e. The molecule has 3 N–H and O–H groups in total. The first-order chi connectivity index (χ1) is 7.81. The normalized spacial score (nSPS) is 16.6. The number of rotatable bonds is 7. The number of carboxylic acids is 1. The zero-order chi connectivity index (χ0) is 13.6. The average molecular weight is 245 g/mol. The molecular formula is C12H23NO4. The molecule has 0 aliphatic carbocycles. The van der Waals surface area contributed by atoms with Crippen molar-refractivity contribution in [3.63, 3.8) is 0 Å². The van der Waals surface area contributed by atoms with Crippen LogP contribution in [0.15, 0.2) is 11.1 Å². The van der Waals surface area contributed by atoms with Crippen molar-refractivity contribution >= 4 is 5.97 Å². The van der Waals surface area contributed by atoms with E-state index in [1.54, 1.807) is 20.8 Å². The molecule has 0 saturated heterocycles. The van der Waals surface area contributed by atoms with Gasteiger partial charge in [-0.15, -0.1) is 0 Å². The second-order valence-electron chi connectivity index (χ2n) is 4.14. The SMILES string of the molecule is CCC(CCN(C(C)O)C(C)O)=C(C)C(=O)O. The molecule has 100 valence electrons. The summed E-state index contributed by atoms with van der Waals surface area (Å²) in [6, 6.07) is 0. The van der Waals surface area contributed by atoms with Gasteiger partial charge in [-0.1, -0.05) is 12.5 Å². The lowest BCUT2D eigenvalue weighted by Gasteiger charge is -2.28. The molecule has 0 amide bonds. The minimum atomic E-state index is -0.914. The molecule has 0 aliphatic rings. The number of carbonyl (C=O) groups is 1. The van der Waals surface area contributed by atoms with E-state index in [1.165, 1.54) is 4.90 Å². The van der Waals surface area contributed by atoms with Crippen LogP contribution in [0.25, 0.3) is 0 Å². The van der Waals surface area contributed by atoms with Crippen molar-refractivity contribution in [1.82, 2.24) is 4.90 Å². The lowest BCUT2D eigenvalue weighted by Crippen LogP contribution is -2.40. The molecule has 0 heterocycles. The van der Waals surface area contributed by atoms with Gasteiger partial charge in [0, 0.05) is 12.1 Å². The van der Waals surface area contributed by atoms with Gasteiger partial charge in [-0.3, -0.25) is 4.90 Å². The predicted molar refractivity (Wildman–Crippen MR) is 65.3 cm³/mol. The minimum absolute atomic E-state index is 0.351. The van der Waals surface area contributed by atoms with Crippen LogP contribution in [0.3, 0.4) is 0 Å². The van der Waals surface area contributed by atoms with E-state index in [2.05, 4.69) is 0 Å². The molecule has 0 spiro atoms. The van der Waals surface area contributed by atoms with Crippen molar-refractivity contribution < 1.29 is 20.1 Å². The van der Waals surface area contributed by atoms with Crippen molar-refractivity contribution in [3.05, 3.63) is 11.1 Å². The van der Waals surface area contributed by atoms with E-state index < -0.39 is 18.4 Å². The summed E-state index contributed by atoms with van der Waals surface area (Å²) in [6.07, 6.45) is -0.313. The third-order valence-corrected chi connectivity index (χ3v) is 2.91. The van der Waals surface area contributed by atoms with Crippen molar-refractivity contribution in [2.45, 2.75) is 53.0 Å². The molecule has 0 aromatic heterocycles. The summed E-state index contributed by atoms with van der Waals surface area (Å²) in [4.78, 5) is 12.3. The number of hydrogen-bond acceptors (Lipinski definition) is 4. The van der Waals surface area contributed by atoms with Crippen molar-refractivity contribution in [3.8, 4) is 0 Å². The molecule has 0 aliphatic heterocycles. The second kappa shape index (κ2) is 7.42. The van der Waals surface area contributed by atoms with Gasteiger partial charge in [-0.05, 0) is 33.6 Å². The van der Waals surface area contributed by atoms with Gasteiger partial charge in [0.2, 0.25) is 0 Å². The lowest BCUT2D eigenvalue weighted by molar-refractivity contribution is -0.132. The molecular weight excluding hydrogens is 222 g/mol. The fraction of sp³-hybridized carbons (Fsp3) is 0.750. The highest BCUT2D eigenvalue weighted by molar-refractivity contribution is 5.86. The Balaban J connectivity index is 4.61. The molecule has 0 saturated carbocycles. The summed E-state index contributed by atoms with van der Waals surface area (Å²) in [7, 11) is 0. The zero-order valence-corrected chi connectivity index (χ0v) is 11.0. The number of aliphatic hydroxyl groups excluding tert-OH is 2. The first-order valence-corrected chi connectivity index (χ1v) is 5.85. The van der Waals surface area contributed by atoms with Gasteiger partial charge in [0.05, 0.1) is 0 Å². The molecule has 0 rings (SSSR count). The first kappa shape index (κ1) is 16.1. The van der Waals surface area contributed by atoms with Crippen molar-refractivity contribution in [2.75, 3.05) is 6.54 Å². The largest absolute Gasteiger partial charge is 0.478 e. The summed E-state index contributed by atoms with van der Waals surface area (Å²) in [5.74, 6) is -0.914. The van der Waals surface area contributed by atoms with Crippen molar-refractivity contribution in [2.24, 2.45) is 0 Å². The maximum Gasteiger partial charge on any atom is 0.331 e. The molecule has 17 heavy (non-hydrogen) atoms. The molecule has 2 unspecified atom stereocenters. The van der Waals surface area contributed by atoms with Crippen LogP contribution in [0.4, 0.5) is 0 Å². The molecule has 0 aromatic rings. The molecule has 0 bridgehead atoms. The highest BCUT2D eigenvalue weighted by Crippen LogP contribution is 2.15. The van der Waals surface area contributed by atoms with Crippen LogP contribution in [0, 0.1) is 0 Å². The number of nitrogens with zero attached hydrogens (tertiary/aromatic N) is 1. The third kappa shape index (κ3) is 5.30. The van der Waals surface area contributed by atoms with Crippen LogP contribution < -0.4 is 0 Å². The van der Waals surface area contributed by atoms with E-state index in [0.717, 1.165) is 5.57 Å². The lowest BCUT2D eigenvalue weighted by atomic mass is 10.0. The number of aliphatic hydroxyl groups is 2. The summed E-state index contributed by atoms with van der Waals surface area (Å²) in [6.45, 7) is 7.06. The highest BCUT2D eigenvalue weighted by atomic mass is 16.4. The quantitative estimate of drug-likeness (QED) is 0.463. The van der Waals surface area contributed by atoms with Crippen LogP contribution in [0.2, 0.25) is 0 Å². The van der Waals surface area contributed by atoms with Crippen LogP contribution in [0.1, 0.15) is 40.5 Å². The van der Waals surface area contributed by atoms with Gasteiger partial charge in [-0.25, -0.2) is 4.79 Å². The molecule has 0 radical (unpaired) electrons. The van der Waals surface area contributed by atoms with E-state index in [0.29, 0.717) is 25.0 Å². The molecule has 5 nitrogen and oxygen atoms in total. The van der Waals surface area contributed by atoms with Gasteiger partial charge in [0.25, 0.3) is 0 Å². The minimum Gasteiger partial charge on any atom is -0.478 e. The first-order valence-electron chi connectivity index (χ1n) is 5.85. The van der Waals surface area contributed by atoms with Gasteiger partial charge < -0.3 is 15.3 Å². The zero-order valence-electron chi connectivity index (χ0n) is 11.0. The fourth-order valence-corrected chi connectivity index (χ4v) is 1.73. The molecule has 0 fully saturated rings. The maximum absolute atomic E-state index is 10.8. The van der Waals surface area contributed by atoms with E-state index in [9.17, 15) is 15.0 Å². The summed E-state index contributed by atoms with van der Waals surface area (Å²) < 4.78 is 0. The van der Waals surface area contributed by atoms with Crippen LogP contribution in [-0.4, -0.2) is 45.2 Å². The third-order valence-electron chi connectivity index (χ3n) is 2.91. The molecule has 0 aromatic carbocycles. The monoisotopic (exact) mass is 245 g/mol. The molecule has 2 atom stereocenters. The van der Waals surface area contributed by atoms with Crippen LogP contribution in [-0.2, 0) is 4.79 Å². The van der Waals surface area contributed by atoms with E-state index in [-0.39, 0.29) is 0 Å². The Labute approximate surface area is 102 Å². The topological polar surface area (TPSA) is 81.0 Å². The van der Waals surface area contributed by atoms with Gasteiger partial charge in [0.15, 0.2) is 0 Å². The Hall–Kier alpha value is -0.910. The van der Waals surface area contributed by atoms with Crippen molar-refractivity contribution in [1.29, 1.82) is 0 Å². The Morgan fingerprint density at radius 1 is 1.24 bits per heavy atom. The Kier molecular flexibility index (Phi) is 7.03. The van der Waals surface area contributed by atoms with Gasteiger partial charge >= 0.3 is 5.97 Å². The number of aliphatic carboxylic acids is 1. The van der Waals surface area contributed by atoms with Gasteiger partial charge in [0.1, 0.15) is 12.5 Å². The van der Waals surface area contributed by atoms with E-state index in [1.807, 2.05) is 6.92 Å². The standard InChI is InChI=1S/C12H23NO4/c1-5-11(8(2)12(16)17)6-7-13(9(3)14)10(4)15/h9-10,14-15H,5-7H2,1-4H3,(H,16,17). The second-order valence-corrected chi connectivity index (χ2v) is 4.14. The number of carboxylic acid groups (broad SMARTS) is 1. The Bertz CT molecular complexity index is 276. The summed E-state index contributed by atoms with van der Waals surface area (Å²) >= 11 is 0. The summed E-state index contributed by atoms with van der Waals surface area (Å²) in [5, 5.41) is 27.8. The Morgan fingerprint density at radius 2 is 1.71 bits per heavy atom. The van der Waals surface area contributed by atoms with Gasteiger partial charge in [-0.2, -0.15) is 0 Å². The molecule has 5 heteroatoms. The number of hydrogen-bond donors (Lipinski definition) is 3. The van der Waals surface area contributed by atoms with E-state index >= 15 is 0 Å². The predicted octanol–water partition coefficient (Wildman–Crippen LogP) is 1.17. The Morgan fingerprint density at radius 3 is 2.00 bits per heavy atom. The van der Waals surface area contributed by atoms with Crippen LogP contribution >= 0.6 is 0 Å². The van der Waals surface area contributed by atoms with Crippen LogP contribution in [0.5, 0.6) is 0 Å².